The molecule has 9 heteroatoms. The normalized spacial score (nSPS) is 13.1. The van der Waals surface area contributed by atoms with Gasteiger partial charge in [0.25, 0.3) is 10.1 Å². The first kappa shape index (κ1) is 21.7. The molecule has 0 fully saturated rings. The molecular formula is C26H17BrN4O3S. The fourth-order valence-corrected chi connectivity index (χ4v) is 5.66. The number of benzene rings is 1. The van der Waals surface area contributed by atoms with Crippen molar-refractivity contribution in [3.05, 3.63) is 99.5 Å². The van der Waals surface area contributed by atoms with Crippen molar-refractivity contribution in [3.63, 3.8) is 0 Å². The number of aromatic amines is 2. The topological polar surface area (TPSA) is 112 Å². The third-order valence-corrected chi connectivity index (χ3v) is 7.52. The molecule has 4 aromatic rings. The third kappa shape index (κ3) is 4.37. The number of nitrogens with one attached hydrogen (secondary N) is 2. The summed E-state index contributed by atoms with van der Waals surface area (Å²) in [5.74, 6) is 0. The zero-order chi connectivity index (χ0) is 24.2. The predicted octanol–water partition coefficient (Wildman–Crippen LogP) is 6.08. The number of hydrogen-bond acceptors (Lipinski definition) is 4. The fraction of sp³-hybridized carbons (Fsp3) is 0. The summed E-state index contributed by atoms with van der Waals surface area (Å²) in [6.45, 7) is 0. The van der Waals surface area contributed by atoms with Crippen LogP contribution in [0, 0.1) is 0 Å². The number of halogens is 1. The molecule has 1 aromatic carbocycles. The van der Waals surface area contributed by atoms with Crippen molar-refractivity contribution in [1.82, 2.24) is 19.9 Å². The van der Waals surface area contributed by atoms with Gasteiger partial charge in [-0.1, -0.05) is 6.07 Å². The van der Waals surface area contributed by atoms with Crippen LogP contribution in [-0.2, 0) is 10.1 Å². The number of rotatable bonds is 2. The van der Waals surface area contributed by atoms with Gasteiger partial charge >= 0.3 is 0 Å². The Kier molecular flexibility index (Phi) is 5.06. The summed E-state index contributed by atoms with van der Waals surface area (Å²) in [5.41, 5.74) is 8.36. The highest BCUT2D eigenvalue weighted by Gasteiger charge is 2.18. The SMILES string of the molecule is O=S(=O)(O)c1ccc(C2=Cc3cc4ccc(cc5nc(cc6ccc(cc2n3)[nH]6)C=C5)[nH]4)cc1Br. The Morgan fingerprint density at radius 1 is 0.714 bits per heavy atom. The molecule has 3 aromatic heterocycles. The van der Waals surface area contributed by atoms with Gasteiger partial charge in [-0.05, 0) is 100 Å². The molecule has 0 saturated carbocycles. The minimum atomic E-state index is -4.34. The molecule has 2 aliphatic heterocycles. The van der Waals surface area contributed by atoms with Gasteiger partial charge in [0, 0.05) is 32.1 Å². The maximum Gasteiger partial charge on any atom is 0.295 e. The lowest BCUT2D eigenvalue weighted by atomic mass is 10.0. The van der Waals surface area contributed by atoms with Crippen LogP contribution in [0.25, 0.3) is 45.9 Å². The van der Waals surface area contributed by atoms with Crippen molar-refractivity contribution in [2.45, 2.75) is 4.90 Å². The highest BCUT2D eigenvalue weighted by atomic mass is 79.9. The fourth-order valence-electron chi connectivity index (χ4n) is 4.12. The van der Waals surface area contributed by atoms with E-state index in [1.165, 1.54) is 6.07 Å². The standard InChI is InChI=1S/C26H17BrN4O3S/c27-24-9-15(1-8-26(24)35(32,33)34)23-13-22-12-20-5-4-18(29-20)10-16-2-3-17(28-16)11-19-6-7-21(30-19)14-25(23)31-22/h1-14,29-30H,(H,32,33,34). The summed E-state index contributed by atoms with van der Waals surface area (Å²) >= 11 is 3.27. The van der Waals surface area contributed by atoms with Crippen LogP contribution < -0.4 is 0 Å². The average molecular weight is 545 g/mol. The minimum Gasteiger partial charge on any atom is -0.355 e. The molecule has 0 aliphatic carbocycles. The summed E-state index contributed by atoms with van der Waals surface area (Å²) in [6, 6.07) is 20.5. The van der Waals surface area contributed by atoms with Crippen molar-refractivity contribution in [2.24, 2.45) is 0 Å². The van der Waals surface area contributed by atoms with Crippen LogP contribution in [0.3, 0.4) is 0 Å². The molecule has 0 saturated heterocycles. The molecule has 6 rings (SSSR count). The monoisotopic (exact) mass is 544 g/mol. The summed E-state index contributed by atoms with van der Waals surface area (Å²) in [7, 11) is -4.34. The zero-order valence-electron chi connectivity index (χ0n) is 18.0. The van der Waals surface area contributed by atoms with E-state index >= 15 is 0 Å². The molecule has 0 amide bonds. The molecule has 35 heavy (non-hydrogen) atoms. The van der Waals surface area contributed by atoms with Gasteiger partial charge in [0.15, 0.2) is 0 Å². The largest absolute Gasteiger partial charge is 0.355 e. The van der Waals surface area contributed by atoms with E-state index in [2.05, 4.69) is 30.9 Å². The molecule has 2 aliphatic rings. The van der Waals surface area contributed by atoms with Gasteiger partial charge in [-0.25, -0.2) is 9.97 Å². The quantitative estimate of drug-likeness (QED) is 0.228. The Morgan fingerprint density at radius 2 is 1.29 bits per heavy atom. The van der Waals surface area contributed by atoms with Gasteiger partial charge in [-0.2, -0.15) is 8.42 Å². The molecule has 0 unspecified atom stereocenters. The van der Waals surface area contributed by atoms with E-state index in [1.807, 2.05) is 66.8 Å². The van der Waals surface area contributed by atoms with Gasteiger partial charge in [0.05, 0.1) is 22.8 Å². The highest BCUT2D eigenvalue weighted by Crippen LogP contribution is 2.33. The van der Waals surface area contributed by atoms with E-state index < -0.39 is 10.1 Å². The van der Waals surface area contributed by atoms with Crippen LogP contribution in [0.15, 0.2) is 76.1 Å². The molecule has 8 bridgehead atoms. The second kappa shape index (κ2) is 8.16. The summed E-state index contributed by atoms with van der Waals surface area (Å²) < 4.78 is 33.0. The lowest BCUT2D eigenvalue weighted by molar-refractivity contribution is 0.482. The molecule has 5 heterocycles. The number of hydrogen-bond donors (Lipinski definition) is 3. The molecule has 3 N–H and O–H groups in total. The van der Waals surface area contributed by atoms with Gasteiger partial charge in [-0.3, -0.25) is 4.55 Å². The minimum absolute atomic E-state index is 0.188. The van der Waals surface area contributed by atoms with Gasteiger partial charge < -0.3 is 9.97 Å². The van der Waals surface area contributed by atoms with E-state index in [0.29, 0.717) is 0 Å². The van der Waals surface area contributed by atoms with Crippen molar-refractivity contribution >= 4 is 71.9 Å². The number of fused-ring (bicyclic) bond motifs is 8. The second-order valence-electron chi connectivity index (χ2n) is 8.21. The zero-order valence-corrected chi connectivity index (χ0v) is 20.4. The first-order chi connectivity index (χ1) is 16.8. The predicted molar refractivity (Wildman–Crippen MR) is 141 cm³/mol. The Labute approximate surface area is 208 Å². The van der Waals surface area contributed by atoms with Crippen LogP contribution in [-0.4, -0.2) is 32.9 Å². The van der Waals surface area contributed by atoms with E-state index in [9.17, 15) is 13.0 Å². The number of H-pyrrole nitrogens is 2. The van der Waals surface area contributed by atoms with Crippen LogP contribution in [0.5, 0.6) is 0 Å². The number of nitrogens with zero attached hydrogens (tertiary/aromatic N) is 2. The summed E-state index contributed by atoms with van der Waals surface area (Å²) in [5, 5.41) is 0. The molecule has 0 spiro atoms. The van der Waals surface area contributed by atoms with Crippen LogP contribution in [0.2, 0.25) is 0 Å². The first-order valence-corrected chi connectivity index (χ1v) is 12.9. The molecular weight excluding hydrogens is 528 g/mol. The van der Waals surface area contributed by atoms with Gasteiger partial charge in [0.1, 0.15) is 4.90 Å². The first-order valence-electron chi connectivity index (χ1n) is 10.7. The van der Waals surface area contributed by atoms with E-state index in [0.717, 1.165) is 56.0 Å². The van der Waals surface area contributed by atoms with Crippen LogP contribution in [0.4, 0.5) is 0 Å². The van der Waals surface area contributed by atoms with E-state index in [1.54, 1.807) is 12.1 Å². The smallest absolute Gasteiger partial charge is 0.295 e. The van der Waals surface area contributed by atoms with Crippen LogP contribution in [0.1, 0.15) is 28.3 Å². The molecule has 172 valence electrons. The number of aromatic nitrogens is 4. The Hall–Kier alpha value is -3.79. The Morgan fingerprint density at radius 3 is 1.86 bits per heavy atom. The Bertz CT molecular complexity index is 1850. The second-order valence-corrected chi connectivity index (χ2v) is 10.5. The van der Waals surface area contributed by atoms with Gasteiger partial charge in [-0.15, -0.1) is 0 Å². The molecule has 7 nitrogen and oxygen atoms in total. The van der Waals surface area contributed by atoms with E-state index in [4.69, 9.17) is 4.98 Å². The lowest BCUT2D eigenvalue weighted by Gasteiger charge is -2.06. The average Bonchev–Trinajstić information content (AvgIpc) is 3.58. The van der Waals surface area contributed by atoms with Gasteiger partial charge in [0.2, 0.25) is 0 Å². The maximum atomic E-state index is 11.6. The van der Waals surface area contributed by atoms with Crippen LogP contribution >= 0.6 is 15.9 Å². The Balaban J connectivity index is 1.59. The summed E-state index contributed by atoms with van der Waals surface area (Å²) in [4.78, 5) is 16.0. The van der Waals surface area contributed by atoms with Crippen molar-refractivity contribution in [3.8, 4) is 0 Å². The maximum absolute atomic E-state index is 11.6. The van der Waals surface area contributed by atoms with Crippen molar-refractivity contribution in [2.75, 3.05) is 0 Å². The van der Waals surface area contributed by atoms with Crippen molar-refractivity contribution in [1.29, 1.82) is 0 Å². The molecule has 0 atom stereocenters. The van der Waals surface area contributed by atoms with E-state index in [-0.39, 0.29) is 9.37 Å². The molecule has 0 radical (unpaired) electrons. The highest BCUT2D eigenvalue weighted by molar-refractivity contribution is 9.10. The lowest BCUT2D eigenvalue weighted by Crippen LogP contribution is -1.99. The summed E-state index contributed by atoms with van der Waals surface area (Å²) in [6.07, 6.45) is 5.90. The third-order valence-electron chi connectivity index (χ3n) is 5.69. The van der Waals surface area contributed by atoms with Crippen molar-refractivity contribution < 1.29 is 13.0 Å².